The lowest BCUT2D eigenvalue weighted by atomic mass is 10.00. The molecule has 0 bridgehead atoms. The summed E-state index contributed by atoms with van der Waals surface area (Å²) < 4.78 is 5.37. The van der Waals surface area contributed by atoms with Gasteiger partial charge in [0.25, 0.3) is 0 Å². The molecule has 2 aromatic rings. The van der Waals surface area contributed by atoms with Gasteiger partial charge in [-0.25, -0.2) is 0 Å². The van der Waals surface area contributed by atoms with Crippen LogP contribution >= 0.6 is 11.3 Å². The fourth-order valence-corrected chi connectivity index (χ4v) is 2.40. The predicted octanol–water partition coefficient (Wildman–Crippen LogP) is 3.11. The summed E-state index contributed by atoms with van der Waals surface area (Å²) in [4.78, 5) is 0. The van der Waals surface area contributed by atoms with Gasteiger partial charge in [-0.1, -0.05) is 12.1 Å². The molecule has 16 heavy (non-hydrogen) atoms. The molecule has 0 aliphatic heterocycles. The van der Waals surface area contributed by atoms with Gasteiger partial charge >= 0.3 is 0 Å². The molecule has 3 heteroatoms. The van der Waals surface area contributed by atoms with E-state index in [1.807, 2.05) is 24.4 Å². The molecule has 0 aliphatic carbocycles. The van der Waals surface area contributed by atoms with E-state index in [-0.39, 0.29) is 6.04 Å². The molecular weight excluding hydrogens is 218 g/mol. The summed E-state index contributed by atoms with van der Waals surface area (Å²) in [5.74, 6) is 0.860. The molecule has 0 radical (unpaired) electrons. The minimum Gasteiger partial charge on any atom is -0.496 e. The van der Waals surface area contributed by atoms with Gasteiger partial charge in [0, 0.05) is 5.56 Å². The minimum absolute atomic E-state index is 0.109. The lowest BCUT2D eigenvalue weighted by Gasteiger charge is -2.15. The third-order valence-electron chi connectivity index (χ3n) is 2.63. The molecule has 0 aliphatic rings. The van der Waals surface area contributed by atoms with E-state index < -0.39 is 0 Å². The van der Waals surface area contributed by atoms with Crippen LogP contribution in [-0.2, 0) is 0 Å². The average molecular weight is 233 g/mol. The maximum atomic E-state index is 6.21. The summed E-state index contributed by atoms with van der Waals surface area (Å²) in [5, 5.41) is 4.11. The van der Waals surface area contributed by atoms with Gasteiger partial charge in [0.05, 0.1) is 13.2 Å². The van der Waals surface area contributed by atoms with E-state index in [9.17, 15) is 0 Å². The van der Waals surface area contributed by atoms with Crippen LogP contribution in [0, 0.1) is 6.92 Å². The van der Waals surface area contributed by atoms with Crippen molar-refractivity contribution in [1.82, 2.24) is 0 Å². The van der Waals surface area contributed by atoms with Crippen molar-refractivity contribution >= 4 is 11.3 Å². The van der Waals surface area contributed by atoms with Gasteiger partial charge in [-0.05, 0) is 40.9 Å². The normalized spacial score (nSPS) is 12.4. The molecule has 1 heterocycles. The van der Waals surface area contributed by atoms with E-state index in [1.54, 1.807) is 18.4 Å². The van der Waals surface area contributed by atoms with Crippen LogP contribution < -0.4 is 10.5 Å². The van der Waals surface area contributed by atoms with Gasteiger partial charge in [0.15, 0.2) is 0 Å². The molecule has 0 spiro atoms. The molecule has 2 rings (SSSR count). The monoisotopic (exact) mass is 233 g/mol. The van der Waals surface area contributed by atoms with Crippen LogP contribution in [0.5, 0.6) is 5.75 Å². The van der Waals surface area contributed by atoms with Crippen molar-refractivity contribution in [3.8, 4) is 5.75 Å². The average Bonchev–Trinajstić information content (AvgIpc) is 2.81. The number of nitrogens with two attached hydrogens (primary N) is 1. The van der Waals surface area contributed by atoms with Crippen LogP contribution in [-0.4, -0.2) is 7.11 Å². The summed E-state index contributed by atoms with van der Waals surface area (Å²) >= 11 is 1.66. The molecular formula is C13H15NOS. The maximum absolute atomic E-state index is 6.21. The first-order valence-electron chi connectivity index (χ1n) is 5.14. The minimum atomic E-state index is -0.109. The van der Waals surface area contributed by atoms with Crippen molar-refractivity contribution < 1.29 is 4.74 Å². The number of rotatable bonds is 3. The Hall–Kier alpha value is -1.32. The highest BCUT2D eigenvalue weighted by Gasteiger charge is 2.14. The number of hydrogen-bond donors (Lipinski definition) is 1. The molecule has 0 saturated heterocycles. The number of methoxy groups -OCH3 is 1. The van der Waals surface area contributed by atoms with Crippen LogP contribution in [0.1, 0.15) is 22.7 Å². The maximum Gasteiger partial charge on any atom is 0.124 e. The third-order valence-corrected chi connectivity index (χ3v) is 3.33. The zero-order chi connectivity index (χ0) is 11.5. The summed E-state index contributed by atoms with van der Waals surface area (Å²) in [6, 6.07) is 8.05. The van der Waals surface area contributed by atoms with E-state index in [0.29, 0.717) is 0 Å². The Labute approximate surface area is 99.7 Å². The van der Waals surface area contributed by atoms with Gasteiger partial charge in [0.1, 0.15) is 5.75 Å². The van der Waals surface area contributed by atoms with Gasteiger partial charge in [-0.15, -0.1) is 0 Å². The highest BCUT2D eigenvalue weighted by Crippen LogP contribution is 2.29. The molecule has 1 aromatic carbocycles. The Morgan fingerprint density at radius 1 is 1.31 bits per heavy atom. The number of ether oxygens (including phenoxy) is 1. The lowest BCUT2D eigenvalue weighted by molar-refractivity contribution is 0.407. The van der Waals surface area contributed by atoms with Crippen molar-refractivity contribution in [2.75, 3.05) is 7.11 Å². The van der Waals surface area contributed by atoms with Crippen LogP contribution in [0.15, 0.2) is 35.0 Å². The van der Waals surface area contributed by atoms with Crippen LogP contribution in [0.25, 0.3) is 0 Å². The first-order valence-corrected chi connectivity index (χ1v) is 6.09. The van der Waals surface area contributed by atoms with Crippen molar-refractivity contribution in [3.05, 3.63) is 51.7 Å². The summed E-state index contributed by atoms with van der Waals surface area (Å²) in [6.45, 7) is 2.04. The van der Waals surface area contributed by atoms with Gasteiger partial charge in [0.2, 0.25) is 0 Å². The Morgan fingerprint density at radius 2 is 2.12 bits per heavy atom. The molecule has 2 N–H and O–H groups in total. The molecule has 1 aromatic heterocycles. The fourth-order valence-electron chi connectivity index (χ4n) is 1.71. The molecule has 1 unspecified atom stereocenters. The molecule has 0 fully saturated rings. The third kappa shape index (κ3) is 2.10. The van der Waals surface area contributed by atoms with Crippen molar-refractivity contribution in [3.63, 3.8) is 0 Å². The number of thiophene rings is 1. The van der Waals surface area contributed by atoms with Gasteiger partial charge in [-0.3, -0.25) is 0 Å². The number of benzene rings is 1. The van der Waals surface area contributed by atoms with Crippen molar-refractivity contribution in [2.24, 2.45) is 5.73 Å². The lowest BCUT2D eigenvalue weighted by Crippen LogP contribution is -2.12. The van der Waals surface area contributed by atoms with Crippen molar-refractivity contribution in [1.29, 1.82) is 0 Å². The molecule has 0 amide bonds. The van der Waals surface area contributed by atoms with Crippen LogP contribution in [0.3, 0.4) is 0 Å². The topological polar surface area (TPSA) is 35.2 Å². The summed E-state index contributed by atoms with van der Waals surface area (Å²) in [5.41, 5.74) is 9.56. The quantitative estimate of drug-likeness (QED) is 0.884. The number of hydrogen-bond acceptors (Lipinski definition) is 3. The standard InChI is InChI=1S/C13H15NOS/c1-9-3-4-11(12(7-9)15-2)13(14)10-5-6-16-8-10/h3-8,13H,14H2,1-2H3. The predicted molar refractivity (Wildman–Crippen MR) is 68.1 cm³/mol. The number of aryl methyl sites for hydroxylation is 1. The van der Waals surface area contributed by atoms with E-state index in [2.05, 4.69) is 17.5 Å². The fraction of sp³-hybridized carbons (Fsp3) is 0.231. The van der Waals surface area contributed by atoms with Crippen molar-refractivity contribution in [2.45, 2.75) is 13.0 Å². The molecule has 84 valence electrons. The highest BCUT2D eigenvalue weighted by atomic mass is 32.1. The Morgan fingerprint density at radius 3 is 2.75 bits per heavy atom. The molecule has 2 nitrogen and oxygen atoms in total. The zero-order valence-electron chi connectivity index (χ0n) is 9.44. The second-order valence-electron chi connectivity index (χ2n) is 3.78. The van der Waals surface area contributed by atoms with Gasteiger partial charge in [-0.2, -0.15) is 11.3 Å². The SMILES string of the molecule is COc1cc(C)ccc1C(N)c1ccsc1. The van der Waals surface area contributed by atoms with E-state index in [1.165, 1.54) is 5.56 Å². The second kappa shape index (κ2) is 4.68. The first kappa shape index (κ1) is 11.2. The zero-order valence-corrected chi connectivity index (χ0v) is 10.3. The van der Waals surface area contributed by atoms with E-state index in [4.69, 9.17) is 10.5 Å². The van der Waals surface area contributed by atoms with Crippen LogP contribution in [0.2, 0.25) is 0 Å². The Balaban J connectivity index is 2.40. The molecule has 1 atom stereocenters. The van der Waals surface area contributed by atoms with E-state index in [0.717, 1.165) is 16.9 Å². The Kier molecular flexibility index (Phi) is 3.27. The second-order valence-corrected chi connectivity index (χ2v) is 4.56. The largest absolute Gasteiger partial charge is 0.496 e. The van der Waals surface area contributed by atoms with E-state index >= 15 is 0 Å². The summed E-state index contributed by atoms with van der Waals surface area (Å²) in [7, 11) is 1.68. The first-order chi connectivity index (χ1) is 7.72. The van der Waals surface area contributed by atoms with Gasteiger partial charge < -0.3 is 10.5 Å². The Bertz CT molecular complexity index is 465. The smallest absolute Gasteiger partial charge is 0.124 e. The highest BCUT2D eigenvalue weighted by molar-refractivity contribution is 7.08. The molecule has 0 saturated carbocycles. The van der Waals surface area contributed by atoms with Crippen LogP contribution in [0.4, 0.5) is 0 Å². The summed E-state index contributed by atoms with van der Waals surface area (Å²) in [6.07, 6.45) is 0.